The van der Waals surface area contributed by atoms with E-state index in [1.165, 1.54) is 0 Å². The first-order chi connectivity index (χ1) is 7.79. The predicted octanol–water partition coefficient (Wildman–Crippen LogP) is 2.78. The van der Waals surface area contributed by atoms with Crippen LogP contribution < -0.4 is 5.32 Å². The summed E-state index contributed by atoms with van der Waals surface area (Å²) in [5.41, 5.74) is -0.0408. The fourth-order valence-corrected chi connectivity index (χ4v) is 1.51. The van der Waals surface area contributed by atoms with Gasteiger partial charge in [0.25, 0.3) is 0 Å². The van der Waals surface area contributed by atoms with Gasteiger partial charge in [-0.1, -0.05) is 0 Å². The van der Waals surface area contributed by atoms with Crippen molar-refractivity contribution in [2.75, 3.05) is 6.54 Å². The number of rotatable bonds is 4. The van der Waals surface area contributed by atoms with Crippen molar-refractivity contribution in [3.8, 4) is 0 Å². The van der Waals surface area contributed by atoms with Gasteiger partial charge < -0.3 is 10.4 Å². The summed E-state index contributed by atoms with van der Waals surface area (Å²) >= 11 is 0. The van der Waals surface area contributed by atoms with Gasteiger partial charge in [0.05, 0.1) is 6.10 Å². The van der Waals surface area contributed by atoms with Gasteiger partial charge in [0, 0.05) is 11.1 Å². The second-order valence-corrected chi connectivity index (χ2v) is 5.15. The number of nitrogens with one attached hydrogen (secondary N) is 1. The molecule has 0 heterocycles. The Balaban J connectivity index is 2.58. The van der Waals surface area contributed by atoms with Gasteiger partial charge in [-0.2, -0.15) is 0 Å². The van der Waals surface area contributed by atoms with Gasteiger partial charge in [0.15, 0.2) is 0 Å². The summed E-state index contributed by atoms with van der Waals surface area (Å²) in [6.07, 6.45) is -0.641. The van der Waals surface area contributed by atoms with Crippen molar-refractivity contribution in [3.63, 3.8) is 0 Å². The number of benzene rings is 1. The van der Waals surface area contributed by atoms with E-state index in [9.17, 15) is 13.9 Å². The molecule has 0 radical (unpaired) electrons. The number of hydrogen-bond acceptors (Lipinski definition) is 2. The lowest BCUT2D eigenvalue weighted by Crippen LogP contribution is -2.36. The molecule has 0 bridgehead atoms. The molecule has 0 aliphatic rings. The molecule has 1 atom stereocenters. The standard InChI is InChI=1S/C13H19F2NO/c1-13(2,3)16-7-6-12(17)10-8-9(14)4-5-11(10)15/h4-5,8,12,16-17H,6-7H2,1-3H3. The molecule has 1 aromatic carbocycles. The van der Waals surface area contributed by atoms with Crippen molar-refractivity contribution in [2.24, 2.45) is 0 Å². The zero-order valence-corrected chi connectivity index (χ0v) is 10.4. The van der Waals surface area contributed by atoms with Crippen LogP contribution in [-0.2, 0) is 0 Å². The SMILES string of the molecule is CC(C)(C)NCCC(O)c1cc(F)ccc1F. The molecule has 0 aliphatic heterocycles. The number of hydrogen-bond donors (Lipinski definition) is 2. The van der Waals surface area contributed by atoms with Crippen molar-refractivity contribution in [1.82, 2.24) is 5.32 Å². The van der Waals surface area contributed by atoms with Crippen LogP contribution in [0.25, 0.3) is 0 Å². The maximum Gasteiger partial charge on any atom is 0.129 e. The van der Waals surface area contributed by atoms with Crippen LogP contribution in [0.15, 0.2) is 18.2 Å². The van der Waals surface area contributed by atoms with E-state index in [-0.39, 0.29) is 11.1 Å². The molecule has 2 nitrogen and oxygen atoms in total. The van der Waals surface area contributed by atoms with Crippen molar-refractivity contribution in [2.45, 2.75) is 38.8 Å². The fraction of sp³-hybridized carbons (Fsp3) is 0.538. The van der Waals surface area contributed by atoms with Crippen molar-refractivity contribution >= 4 is 0 Å². The Bertz CT molecular complexity index is 374. The second-order valence-electron chi connectivity index (χ2n) is 5.15. The van der Waals surface area contributed by atoms with E-state index >= 15 is 0 Å². The molecular formula is C13H19F2NO. The largest absolute Gasteiger partial charge is 0.388 e. The van der Waals surface area contributed by atoms with Gasteiger partial charge >= 0.3 is 0 Å². The van der Waals surface area contributed by atoms with Gasteiger partial charge in [-0.15, -0.1) is 0 Å². The van der Waals surface area contributed by atoms with Crippen LogP contribution in [0.2, 0.25) is 0 Å². The molecule has 1 unspecified atom stereocenters. The monoisotopic (exact) mass is 243 g/mol. The normalized spacial score (nSPS) is 13.8. The minimum Gasteiger partial charge on any atom is -0.388 e. The van der Waals surface area contributed by atoms with Gasteiger partial charge in [0.2, 0.25) is 0 Å². The summed E-state index contributed by atoms with van der Waals surface area (Å²) in [6, 6.07) is 3.11. The van der Waals surface area contributed by atoms with Crippen LogP contribution >= 0.6 is 0 Å². The maximum atomic E-state index is 13.3. The van der Waals surface area contributed by atoms with Gasteiger partial charge in [-0.25, -0.2) is 8.78 Å². The molecule has 0 saturated carbocycles. The molecule has 1 rings (SSSR count). The highest BCUT2D eigenvalue weighted by Crippen LogP contribution is 2.20. The molecule has 0 aromatic heterocycles. The molecule has 1 aromatic rings. The van der Waals surface area contributed by atoms with Crippen LogP contribution in [0.4, 0.5) is 8.78 Å². The lowest BCUT2D eigenvalue weighted by molar-refractivity contribution is 0.158. The molecule has 0 fully saturated rings. The highest BCUT2D eigenvalue weighted by atomic mass is 19.1. The average molecular weight is 243 g/mol. The lowest BCUT2D eigenvalue weighted by Gasteiger charge is -2.21. The van der Waals surface area contributed by atoms with E-state index in [1.807, 2.05) is 20.8 Å². The number of aliphatic hydroxyl groups is 1. The van der Waals surface area contributed by atoms with Crippen LogP contribution in [0.5, 0.6) is 0 Å². The van der Waals surface area contributed by atoms with Crippen LogP contribution in [0.1, 0.15) is 38.9 Å². The van der Waals surface area contributed by atoms with Crippen molar-refractivity contribution < 1.29 is 13.9 Å². The van der Waals surface area contributed by atoms with Gasteiger partial charge in [-0.3, -0.25) is 0 Å². The zero-order chi connectivity index (χ0) is 13.1. The highest BCUT2D eigenvalue weighted by Gasteiger charge is 2.15. The third kappa shape index (κ3) is 4.79. The summed E-state index contributed by atoms with van der Waals surface area (Å²) in [5.74, 6) is -1.11. The topological polar surface area (TPSA) is 32.3 Å². The van der Waals surface area contributed by atoms with Crippen LogP contribution in [0, 0.1) is 11.6 Å². The minimum absolute atomic E-state index is 0.0145. The molecule has 0 spiro atoms. The molecule has 96 valence electrons. The Morgan fingerprint density at radius 2 is 1.94 bits per heavy atom. The average Bonchev–Trinajstić information content (AvgIpc) is 2.19. The van der Waals surface area contributed by atoms with E-state index < -0.39 is 17.7 Å². The first-order valence-corrected chi connectivity index (χ1v) is 5.67. The van der Waals surface area contributed by atoms with Crippen LogP contribution in [0.3, 0.4) is 0 Å². The summed E-state index contributed by atoms with van der Waals surface area (Å²) < 4.78 is 26.3. The predicted molar refractivity (Wildman–Crippen MR) is 63.7 cm³/mol. The molecule has 4 heteroatoms. The summed E-state index contributed by atoms with van der Waals surface area (Å²) in [6.45, 7) is 6.55. The Morgan fingerprint density at radius 3 is 2.53 bits per heavy atom. The van der Waals surface area contributed by atoms with Crippen LogP contribution in [-0.4, -0.2) is 17.2 Å². The van der Waals surface area contributed by atoms with E-state index in [4.69, 9.17) is 0 Å². The quantitative estimate of drug-likeness (QED) is 0.852. The fourth-order valence-electron chi connectivity index (χ4n) is 1.51. The maximum absolute atomic E-state index is 13.3. The molecule has 17 heavy (non-hydrogen) atoms. The van der Waals surface area contributed by atoms with Gasteiger partial charge in [-0.05, 0) is 51.9 Å². The second kappa shape index (κ2) is 5.56. The van der Waals surface area contributed by atoms with Crippen molar-refractivity contribution in [3.05, 3.63) is 35.4 Å². The summed E-state index contributed by atoms with van der Waals surface area (Å²) in [5, 5.41) is 13.0. The Morgan fingerprint density at radius 1 is 1.29 bits per heavy atom. The first kappa shape index (κ1) is 14.1. The Kier molecular flexibility index (Phi) is 4.60. The summed E-state index contributed by atoms with van der Waals surface area (Å²) in [4.78, 5) is 0. The smallest absolute Gasteiger partial charge is 0.129 e. The van der Waals surface area contributed by atoms with Gasteiger partial charge in [0.1, 0.15) is 11.6 Å². The van der Waals surface area contributed by atoms with Crippen molar-refractivity contribution in [1.29, 1.82) is 0 Å². The molecular weight excluding hydrogens is 224 g/mol. The molecule has 0 aliphatic carbocycles. The van der Waals surface area contributed by atoms with E-state index in [1.54, 1.807) is 0 Å². The summed E-state index contributed by atoms with van der Waals surface area (Å²) in [7, 11) is 0. The first-order valence-electron chi connectivity index (χ1n) is 5.67. The zero-order valence-electron chi connectivity index (χ0n) is 10.4. The van der Waals surface area contributed by atoms with E-state index in [2.05, 4.69) is 5.32 Å². The third-order valence-corrected chi connectivity index (χ3v) is 2.39. The highest BCUT2D eigenvalue weighted by molar-refractivity contribution is 5.21. The third-order valence-electron chi connectivity index (χ3n) is 2.39. The van der Waals surface area contributed by atoms with E-state index in [0.717, 1.165) is 18.2 Å². The number of halogens is 2. The minimum atomic E-state index is -0.986. The Hall–Kier alpha value is -1.00. The molecule has 0 amide bonds. The molecule has 0 saturated heterocycles. The lowest BCUT2D eigenvalue weighted by atomic mass is 10.0. The molecule has 2 N–H and O–H groups in total. The van der Waals surface area contributed by atoms with E-state index in [0.29, 0.717) is 13.0 Å². The Labute approximate surface area is 101 Å². The number of aliphatic hydroxyl groups excluding tert-OH is 1.